The molecule has 4 aromatic rings. The standard InChI is InChI=1S/C40H49N5O7S2/c1-39(2,3)31-18-17-30(53-31)36-42-33-26-14-11-12-15-29(26)52-34(33)38(43-36)51-25-22-28(35(41)47)45(23-25)32(46)16-10-8-6-5-7-9-13-24-21-27(24)37(48)44-54(49,50)40(4)19-20-40/h9,11-15,17-18,24-25,27-28H,5-8,10,16,19-23H2,1-4H3,(H2,41,47)(H,44,48)/b13-9-/t24-,25-,27+,28+/m1/s1. The van der Waals surface area contributed by atoms with Crippen molar-refractivity contribution < 1.29 is 32.0 Å². The summed E-state index contributed by atoms with van der Waals surface area (Å²) in [7, 11) is -3.60. The molecule has 2 aliphatic carbocycles. The number of furan rings is 1. The molecule has 4 heterocycles. The number of carbonyl (C=O) groups excluding carboxylic acids is 3. The van der Waals surface area contributed by atoms with Gasteiger partial charge in [0.05, 0.1) is 16.2 Å². The Kier molecular flexibility index (Phi) is 10.4. The van der Waals surface area contributed by atoms with Gasteiger partial charge in [-0.2, -0.15) is 4.98 Å². The van der Waals surface area contributed by atoms with E-state index in [0.29, 0.717) is 54.6 Å². The summed E-state index contributed by atoms with van der Waals surface area (Å²) in [5.74, 6) is -0.501. The van der Waals surface area contributed by atoms with E-state index in [2.05, 4.69) is 37.6 Å². The second-order valence-electron chi connectivity index (χ2n) is 16.3. The number of benzene rings is 1. The number of fused-ring (bicyclic) bond motifs is 3. The fraction of sp³-hybridized carbons (Fsp3) is 0.525. The van der Waals surface area contributed by atoms with Gasteiger partial charge in [-0.25, -0.2) is 13.4 Å². The Balaban J connectivity index is 0.913. The van der Waals surface area contributed by atoms with Crippen molar-refractivity contribution in [3.63, 3.8) is 0 Å². The van der Waals surface area contributed by atoms with Crippen LogP contribution in [0.4, 0.5) is 0 Å². The van der Waals surface area contributed by atoms with Crippen molar-refractivity contribution in [2.24, 2.45) is 17.6 Å². The van der Waals surface area contributed by atoms with Crippen molar-refractivity contribution in [1.82, 2.24) is 19.6 Å². The van der Waals surface area contributed by atoms with Crippen LogP contribution in [0.2, 0.25) is 0 Å². The Hall–Kier alpha value is -4.30. The van der Waals surface area contributed by atoms with Crippen LogP contribution in [0.15, 0.2) is 53.0 Å². The van der Waals surface area contributed by atoms with Crippen LogP contribution in [0.1, 0.15) is 96.8 Å². The highest BCUT2D eigenvalue weighted by Gasteiger charge is 2.52. The minimum Gasteiger partial charge on any atom is -0.470 e. The van der Waals surface area contributed by atoms with Gasteiger partial charge in [0.25, 0.3) is 5.88 Å². The van der Waals surface area contributed by atoms with Crippen LogP contribution in [0.5, 0.6) is 5.88 Å². The summed E-state index contributed by atoms with van der Waals surface area (Å²) in [5.41, 5.74) is 7.48. The van der Waals surface area contributed by atoms with E-state index in [-0.39, 0.29) is 42.0 Å². The number of amides is 3. The Labute approximate surface area is 320 Å². The van der Waals surface area contributed by atoms with Gasteiger partial charge in [-0.3, -0.25) is 19.1 Å². The van der Waals surface area contributed by atoms with Crippen LogP contribution >= 0.6 is 11.3 Å². The van der Waals surface area contributed by atoms with Crippen LogP contribution in [0.3, 0.4) is 0 Å². The third kappa shape index (κ3) is 8.05. The molecule has 3 amide bonds. The van der Waals surface area contributed by atoms with Gasteiger partial charge in [-0.1, -0.05) is 57.9 Å². The number of hydrogen-bond acceptors (Lipinski definition) is 10. The topological polar surface area (TPSA) is 175 Å². The van der Waals surface area contributed by atoms with E-state index in [1.54, 1.807) is 23.2 Å². The highest BCUT2D eigenvalue weighted by atomic mass is 32.2. The summed E-state index contributed by atoms with van der Waals surface area (Å²) in [6, 6.07) is 11.0. The number of ether oxygens (including phenoxy) is 1. The zero-order chi connectivity index (χ0) is 38.4. The highest BCUT2D eigenvalue weighted by Crippen LogP contribution is 2.44. The van der Waals surface area contributed by atoms with Crippen molar-refractivity contribution in [3.8, 4) is 16.6 Å². The molecule has 0 spiro atoms. The average molecular weight is 776 g/mol. The molecule has 54 heavy (non-hydrogen) atoms. The number of nitrogens with zero attached hydrogens (tertiary/aromatic N) is 3. The predicted molar refractivity (Wildman–Crippen MR) is 208 cm³/mol. The van der Waals surface area contributed by atoms with Crippen LogP contribution < -0.4 is 15.2 Å². The number of thiophene rings is 1. The number of carbonyl (C=O) groups is 3. The van der Waals surface area contributed by atoms with Crippen LogP contribution in [-0.2, 0) is 29.8 Å². The molecule has 1 saturated heterocycles. The monoisotopic (exact) mass is 775 g/mol. The molecule has 0 bridgehead atoms. The summed E-state index contributed by atoms with van der Waals surface area (Å²) < 4.78 is 38.8. The number of primary amides is 1. The van der Waals surface area contributed by atoms with Gasteiger partial charge in [0.1, 0.15) is 23.2 Å². The first-order chi connectivity index (χ1) is 25.6. The smallest absolute Gasteiger partial charge is 0.262 e. The molecule has 3 fully saturated rings. The SMILES string of the molecule is CC(C)(C)c1ccc(-c2nc(O[C@@H]3C[C@@H](C(N)=O)N(C(=O)CCCCCC/C=C\[C@@H]4C[C@@H]4C(=O)NS(=O)(=O)C4(C)CC4)C3)c3oc4ccccc4c3n2)s1. The number of hydrogen-bond donors (Lipinski definition) is 2. The van der Waals surface area contributed by atoms with E-state index in [1.807, 2.05) is 36.4 Å². The largest absolute Gasteiger partial charge is 0.470 e. The molecule has 0 unspecified atom stereocenters. The van der Waals surface area contributed by atoms with E-state index in [0.717, 1.165) is 35.9 Å². The maximum atomic E-state index is 13.4. The van der Waals surface area contributed by atoms with Gasteiger partial charge in [-0.15, -0.1) is 11.3 Å². The van der Waals surface area contributed by atoms with Crippen LogP contribution in [-0.4, -0.2) is 64.4 Å². The Morgan fingerprint density at radius 1 is 1.07 bits per heavy atom. The summed E-state index contributed by atoms with van der Waals surface area (Å²) >= 11 is 1.63. The van der Waals surface area contributed by atoms with Crippen molar-refractivity contribution >= 4 is 61.2 Å². The van der Waals surface area contributed by atoms with Crippen molar-refractivity contribution in [1.29, 1.82) is 0 Å². The summed E-state index contributed by atoms with van der Waals surface area (Å²) in [6.45, 7) is 8.37. The number of likely N-dealkylation sites (tertiary alicyclic amines) is 1. The van der Waals surface area contributed by atoms with E-state index in [1.165, 1.54) is 4.88 Å². The number of allylic oxidation sites excluding steroid dienone is 2. The molecule has 3 aromatic heterocycles. The van der Waals surface area contributed by atoms with Crippen molar-refractivity contribution in [3.05, 3.63) is 53.4 Å². The summed E-state index contributed by atoms with van der Waals surface area (Å²) in [6.07, 6.45) is 10.2. The molecule has 0 radical (unpaired) electrons. The third-order valence-electron chi connectivity index (χ3n) is 10.9. The predicted octanol–water partition coefficient (Wildman–Crippen LogP) is 6.77. The van der Waals surface area contributed by atoms with E-state index in [9.17, 15) is 22.8 Å². The molecule has 3 N–H and O–H groups in total. The molecule has 12 nitrogen and oxygen atoms in total. The first kappa shape index (κ1) is 38.0. The number of nitrogens with one attached hydrogen (secondary N) is 1. The maximum Gasteiger partial charge on any atom is 0.262 e. The minimum absolute atomic E-state index is 0.0256. The van der Waals surface area contributed by atoms with Gasteiger partial charge in [0.15, 0.2) is 5.82 Å². The van der Waals surface area contributed by atoms with Crippen molar-refractivity contribution in [2.45, 2.75) is 114 Å². The zero-order valence-electron chi connectivity index (χ0n) is 31.3. The number of para-hydroxylation sites is 1. The quantitative estimate of drug-likeness (QED) is 0.0976. The minimum atomic E-state index is -3.60. The maximum absolute atomic E-state index is 13.4. The normalized spacial score (nSPS) is 22.3. The number of aromatic nitrogens is 2. The summed E-state index contributed by atoms with van der Waals surface area (Å²) in [5, 5.41) is 0.844. The van der Waals surface area contributed by atoms with E-state index < -0.39 is 38.7 Å². The second kappa shape index (κ2) is 14.7. The molecule has 3 aliphatic rings. The molecule has 1 aliphatic heterocycles. The van der Waals surface area contributed by atoms with Gasteiger partial charge in [0.2, 0.25) is 33.3 Å². The molecule has 14 heteroatoms. The lowest BCUT2D eigenvalue weighted by Crippen LogP contribution is -2.43. The first-order valence-electron chi connectivity index (χ1n) is 18.9. The molecule has 4 atom stereocenters. The summed E-state index contributed by atoms with van der Waals surface area (Å²) in [4.78, 5) is 51.7. The molecular weight excluding hydrogens is 727 g/mol. The lowest BCUT2D eigenvalue weighted by molar-refractivity contribution is -0.137. The second-order valence-corrected chi connectivity index (χ2v) is 19.6. The van der Waals surface area contributed by atoms with Gasteiger partial charge in [-0.05, 0) is 81.0 Å². The molecule has 2 saturated carbocycles. The third-order valence-corrected chi connectivity index (χ3v) is 14.5. The van der Waals surface area contributed by atoms with Crippen LogP contribution in [0.25, 0.3) is 32.8 Å². The Morgan fingerprint density at radius 3 is 2.56 bits per heavy atom. The van der Waals surface area contributed by atoms with E-state index in [4.69, 9.17) is 24.9 Å². The number of sulfonamides is 1. The van der Waals surface area contributed by atoms with Crippen LogP contribution in [0, 0.1) is 11.8 Å². The lowest BCUT2D eigenvalue weighted by atomic mass is 9.95. The first-order valence-corrected chi connectivity index (χ1v) is 21.2. The van der Waals surface area contributed by atoms with Gasteiger partial charge in [0, 0.05) is 29.0 Å². The highest BCUT2D eigenvalue weighted by molar-refractivity contribution is 7.91. The fourth-order valence-electron chi connectivity index (χ4n) is 7.01. The lowest BCUT2D eigenvalue weighted by Gasteiger charge is -2.21. The molecular formula is C40H49N5O7S2. The van der Waals surface area contributed by atoms with E-state index >= 15 is 0 Å². The Morgan fingerprint density at radius 2 is 1.83 bits per heavy atom. The number of unbranched alkanes of at least 4 members (excludes halogenated alkanes) is 4. The zero-order valence-corrected chi connectivity index (χ0v) is 32.9. The molecule has 7 rings (SSSR count). The average Bonchev–Trinajstić information content (AvgIpc) is 3.86. The molecule has 1 aromatic carbocycles. The molecule has 288 valence electrons. The Bertz CT molecular complexity index is 2220. The van der Waals surface area contributed by atoms with Gasteiger partial charge < -0.3 is 19.8 Å². The van der Waals surface area contributed by atoms with Crippen molar-refractivity contribution in [2.75, 3.05) is 6.54 Å². The fourth-order valence-corrected chi connectivity index (χ4v) is 9.31. The number of nitrogens with two attached hydrogens (primary N) is 1. The number of rotatable bonds is 15. The van der Waals surface area contributed by atoms with Gasteiger partial charge >= 0.3 is 0 Å².